The van der Waals surface area contributed by atoms with Gasteiger partial charge in [-0.25, -0.2) is 4.79 Å². The lowest BCUT2D eigenvalue weighted by molar-refractivity contribution is -0.143. The van der Waals surface area contributed by atoms with Gasteiger partial charge in [0.2, 0.25) is 0 Å². The van der Waals surface area contributed by atoms with Crippen molar-refractivity contribution in [3.63, 3.8) is 0 Å². The SMILES string of the molecule is CSCC(C)N(C)C(=O)N1CCCC(C(=O)O)C1. The van der Waals surface area contributed by atoms with Crippen LogP contribution in [0.2, 0.25) is 0 Å². The molecule has 1 aliphatic rings. The number of hydrogen-bond donors (Lipinski definition) is 1. The Balaban J connectivity index is 2.57. The Kier molecular flexibility index (Phi) is 5.78. The van der Waals surface area contributed by atoms with E-state index in [4.69, 9.17) is 5.11 Å². The molecule has 0 saturated carbocycles. The van der Waals surface area contributed by atoms with Crippen LogP contribution in [-0.4, -0.2) is 65.1 Å². The van der Waals surface area contributed by atoms with E-state index in [0.29, 0.717) is 19.5 Å². The Morgan fingerprint density at radius 1 is 1.56 bits per heavy atom. The number of nitrogens with zero attached hydrogens (tertiary/aromatic N) is 2. The van der Waals surface area contributed by atoms with E-state index >= 15 is 0 Å². The van der Waals surface area contributed by atoms with Crippen LogP contribution < -0.4 is 0 Å². The molecule has 0 aromatic carbocycles. The Labute approximate surface area is 113 Å². The average Bonchev–Trinajstić information content (AvgIpc) is 2.37. The van der Waals surface area contributed by atoms with E-state index in [-0.39, 0.29) is 12.1 Å². The van der Waals surface area contributed by atoms with Crippen molar-refractivity contribution in [2.45, 2.75) is 25.8 Å². The fourth-order valence-electron chi connectivity index (χ4n) is 2.12. The number of carbonyl (C=O) groups is 2. The second-order valence-corrected chi connectivity index (χ2v) is 5.73. The Morgan fingerprint density at radius 2 is 2.22 bits per heavy atom. The fraction of sp³-hybridized carbons (Fsp3) is 0.833. The zero-order chi connectivity index (χ0) is 13.7. The minimum atomic E-state index is -0.799. The zero-order valence-electron chi connectivity index (χ0n) is 11.3. The summed E-state index contributed by atoms with van der Waals surface area (Å²) in [6.45, 7) is 3.01. The minimum absolute atomic E-state index is 0.0532. The molecular weight excluding hydrogens is 252 g/mol. The summed E-state index contributed by atoms with van der Waals surface area (Å²) in [6.07, 6.45) is 3.45. The molecule has 104 valence electrons. The van der Waals surface area contributed by atoms with Gasteiger partial charge in [0.1, 0.15) is 0 Å². The number of likely N-dealkylation sites (tertiary alicyclic amines) is 1. The molecule has 1 heterocycles. The first-order valence-electron chi connectivity index (χ1n) is 6.20. The number of hydrogen-bond acceptors (Lipinski definition) is 3. The molecule has 2 amide bonds. The van der Waals surface area contributed by atoms with Crippen molar-refractivity contribution < 1.29 is 14.7 Å². The molecule has 1 N–H and O–H groups in total. The van der Waals surface area contributed by atoms with Gasteiger partial charge in [-0.2, -0.15) is 11.8 Å². The zero-order valence-corrected chi connectivity index (χ0v) is 12.1. The van der Waals surface area contributed by atoms with Gasteiger partial charge in [0.05, 0.1) is 5.92 Å². The van der Waals surface area contributed by atoms with Gasteiger partial charge in [0, 0.05) is 31.9 Å². The molecule has 18 heavy (non-hydrogen) atoms. The number of thioether (sulfide) groups is 1. The predicted octanol–water partition coefficient (Wildman–Crippen LogP) is 1.59. The number of aliphatic carboxylic acids is 1. The van der Waals surface area contributed by atoms with Crippen LogP contribution in [0.25, 0.3) is 0 Å². The number of amides is 2. The van der Waals surface area contributed by atoms with Gasteiger partial charge in [-0.15, -0.1) is 0 Å². The lowest BCUT2D eigenvalue weighted by Crippen LogP contribution is -2.50. The smallest absolute Gasteiger partial charge is 0.320 e. The quantitative estimate of drug-likeness (QED) is 0.845. The van der Waals surface area contributed by atoms with Gasteiger partial charge in [-0.1, -0.05) is 0 Å². The Morgan fingerprint density at radius 3 is 2.78 bits per heavy atom. The monoisotopic (exact) mass is 274 g/mol. The number of carboxylic acids is 1. The molecule has 0 aromatic heterocycles. The van der Waals surface area contributed by atoms with E-state index in [9.17, 15) is 9.59 Å². The van der Waals surface area contributed by atoms with Crippen LogP contribution >= 0.6 is 11.8 Å². The van der Waals surface area contributed by atoms with Crippen molar-refractivity contribution in [2.24, 2.45) is 5.92 Å². The van der Waals surface area contributed by atoms with Crippen molar-refractivity contribution in [3.05, 3.63) is 0 Å². The highest BCUT2D eigenvalue weighted by molar-refractivity contribution is 7.98. The highest BCUT2D eigenvalue weighted by Crippen LogP contribution is 2.18. The molecule has 1 aliphatic heterocycles. The summed E-state index contributed by atoms with van der Waals surface area (Å²) in [5, 5.41) is 9.01. The van der Waals surface area contributed by atoms with Gasteiger partial charge in [0.15, 0.2) is 0 Å². The van der Waals surface area contributed by atoms with Gasteiger partial charge in [-0.05, 0) is 26.0 Å². The molecule has 1 rings (SSSR count). The van der Waals surface area contributed by atoms with Gasteiger partial charge < -0.3 is 14.9 Å². The summed E-state index contributed by atoms with van der Waals surface area (Å²) in [7, 11) is 1.79. The first-order valence-corrected chi connectivity index (χ1v) is 7.60. The number of rotatable bonds is 4. The van der Waals surface area contributed by atoms with E-state index in [0.717, 1.165) is 12.2 Å². The third kappa shape index (κ3) is 3.80. The van der Waals surface area contributed by atoms with Crippen LogP contribution in [0.1, 0.15) is 19.8 Å². The largest absolute Gasteiger partial charge is 0.481 e. The number of piperidine rings is 1. The number of carbonyl (C=O) groups excluding carboxylic acids is 1. The molecule has 2 unspecified atom stereocenters. The van der Waals surface area contributed by atoms with Crippen molar-refractivity contribution in [3.8, 4) is 0 Å². The summed E-state index contributed by atoms with van der Waals surface area (Å²) >= 11 is 1.70. The van der Waals surface area contributed by atoms with E-state index in [2.05, 4.69) is 0 Å². The van der Waals surface area contributed by atoms with E-state index in [1.807, 2.05) is 13.2 Å². The molecule has 0 spiro atoms. The van der Waals surface area contributed by atoms with Crippen LogP contribution in [-0.2, 0) is 4.79 Å². The lowest BCUT2D eigenvalue weighted by Gasteiger charge is -2.35. The maximum absolute atomic E-state index is 12.2. The maximum atomic E-state index is 12.2. The van der Waals surface area contributed by atoms with Gasteiger partial charge in [-0.3, -0.25) is 4.79 Å². The van der Waals surface area contributed by atoms with Crippen LogP contribution in [0.3, 0.4) is 0 Å². The molecule has 0 radical (unpaired) electrons. The standard InChI is InChI=1S/C12H22N2O3S/c1-9(8-18-3)13(2)12(17)14-6-4-5-10(7-14)11(15)16/h9-10H,4-8H2,1-3H3,(H,15,16). The number of carboxylic acid groups (broad SMARTS) is 1. The maximum Gasteiger partial charge on any atom is 0.320 e. The molecular formula is C12H22N2O3S. The second kappa shape index (κ2) is 6.87. The summed E-state index contributed by atoms with van der Waals surface area (Å²) in [6, 6.07) is 0.111. The van der Waals surface area contributed by atoms with Crippen LogP contribution in [0.5, 0.6) is 0 Å². The topological polar surface area (TPSA) is 60.9 Å². The summed E-state index contributed by atoms with van der Waals surface area (Å²) in [5.74, 6) is -0.322. The molecule has 0 aromatic rings. The minimum Gasteiger partial charge on any atom is -0.481 e. The first kappa shape index (κ1) is 15.1. The molecule has 0 aliphatic carbocycles. The second-order valence-electron chi connectivity index (χ2n) is 4.82. The third-order valence-electron chi connectivity index (χ3n) is 3.41. The highest BCUT2D eigenvalue weighted by atomic mass is 32.2. The molecule has 1 fully saturated rings. The first-order chi connectivity index (χ1) is 8.47. The van der Waals surface area contributed by atoms with Gasteiger partial charge >= 0.3 is 12.0 Å². The molecule has 2 atom stereocenters. The third-order valence-corrected chi connectivity index (χ3v) is 4.23. The number of urea groups is 1. The van der Waals surface area contributed by atoms with E-state index in [1.165, 1.54) is 0 Å². The summed E-state index contributed by atoms with van der Waals surface area (Å²) < 4.78 is 0. The average molecular weight is 274 g/mol. The van der Waals surface area contributed by atoms with Gasteiger partial charge in [0.25, 0.3) is 0 Å². The Bertz CT molecular complexity index is 312. The van der Waals surface area contributed by atoms with Crippen molar-refractivity contribution in [1.29, 1.82) is 0 Å². The van der Waals surface area contributed by atoms with Crippen molar-refractivity contribution in [1.82, 2.24) is 9.80 Å². The fourth-order valence-corrected chi connectivity index (χ4v) is 2.82. The van der Waals surface area contributed by atoms with E-state index < -0.39 is 11.9 Å². The Hall–Kier alpha value is -0.910. The van der Waals surface area contributed by atoms with Crippen LogP contribution in [0.15, 0.2) is 0 Å². The summed E-state index contributed by atoms with van der Waals surface area (Å²) in [4.78, 5) is 26.6. The summed E-state index contributed by atoms with van der Waals surface area (Å²) in [5.41, 5.74) is 0. The molecule has 5 nitrogen and oxygen atoms in total. The lowest BCUT2D eigenvalue weighted by atomic mass is 9.98. The van der Waals surface area contributed by atoms with E-state index in [1.54, 1.807) is 28.6 Å². The van der Waals surface area contributed by atoms with Crippen LogP contribution in [0, 0.1) is 5.92 Å². The predicted molar refractivity (Wildman–Crippen MR) is 72.9 cm³/mol. The van der Waals surface area contributed by atoms with Crippen molar-refractivity contribution in [2.75, 3.05) is 32.1 Å². The highest BCUT2D eigenvalue weighted by Gasteiger charge is 2.30. The normalized spacial score (nSPS) is 21.5. The molecule has 0 bridgehead atoms. The van der Waals surface area contributed by atoms with Crippen molar-refractivity contribution >= 4 is 23.8 Å². The van der Waals surface area contributed by atoms with Crippen LogP contribution in [0.4, 0.5) is 4.79 Å². The molecule has 6 heteroatoms. The molecule has 1 saturated heterocycles.